The minimum Gasteiger partial charge on any atom is -0.346 e. The predicted molar refractivity (Wildman–Crippen MR) is 92.4 cm³/mol. The van der Waals surface area contributed by atoms with E-state index < -0.39 is 0 Å². The molecule has 8 heteroatoms. The molecule has 1 atom stereocenters. The van der Waals surface area contributed by atoms with Crippen LogP contribution in [0.4, 0.5) is 0 Å². The second-order valence-electron chi connectivity index (χ2n) is 5.62. The summed E-state index contributed by atoms with van der Waals surface area (Å²) in [7, 11) is 0. The molecule has 0 radical (unpaired) electrons. The van der Waals surface area contributed by atoms with Crippen molar-refractivity contribution in [1.29, 1.82) is 10.5 Å². The Bertz CT molecular complexity index is 1160. The molecule has 124 valence electrons. The van der Waals surface area contributed by atoms with E-state index in [9.17, 15) is 10.5 Å². The van der Waals surface area contributed by atoms with Gasteiger partial charge in [-0.1, -0.05) is 0 Å². The summed E-state index contributed by atoms with van der Waals surface area (Å²) in [4.78, 5) is 15.6. The van der Waals surface area contributed by atoms with Crippen LogP contribution in [0.25, 0.3) is 22.3 Å². The molecule has 1 N–H and O–H groups in total. The maximum atomic E-state index is 9.34. The van der Waals surface area contributed by atoms with E-state index in [-0.39, 0.29) is 12.5 Å². The summed E-state index contributed by atoms with van der Waals surface area (Å²) in [5, 5.41) is 23.9. The van der Waals surface area contributed by atoms with E-state index >= 15 is 0 Å². The SMILES string of the molecule is N#CCC(c1ccncc1C#N)n1cc(-c2ncnc3[nH]ccc23)cn1. The third-order valence-electron chi connectivity index (χ3n) is 4.17. The van der Waals surface area contributed by atoms with Crippen LogP contribution in [-0.2, 0) is 0 Å². The summed E-state index contributed by atoms with van der Waals surface area (Å²) in [6, 6.07) is 7.57. The number of H-pyrrole nitrogens is 1. The molecule has 0 saturated carbocycles. The van der Waals surface area contributed by atoms with Gasteiger partial charge in [0.2, 0.25) is 0 Å². The molecule has 0 amide bonds. The van der Waals surface area contributed by atoms with Gasteiger partial charge < -0.3 is 4.98 Å². The number of aromatic amines is 1. The number of pyridine rings is 1. The largest absolute Gasteiger partial charge is 0.346 e. The zero-order chi connectivity index (χ0) is 17.9. The van der Waals surface area contributed by atoms with E-state index in [1.807, 2.05) is 18.5 Å². The highest BCUT2D eigenvalue weighted by molar-refractivity contribution is 5.89. The van der Waals surface area contributed by atoms with Crippen LogP contribution in [0.3, 0.4) is 0 Å². The van der Waals surface area contributed by atoms with E-state index in [2.05, 4.69) is 37.2 Å². The number of aromatic nitrogens is 6. The molecule has 4 aromatic heterocycles. The van der Waals surface area contributed by atoms with Gasteiger partial charge in [-0.15, -0.1) is 0 Å². The van der Waals surface area contributed by atoms with Crippen LogP contribution in [0.1, 0.15) is 23.6 Å². The van der Waals surface area contributed by atoms with E-state index in [0.717, 1.165) is 22.3 Å². The molecular weight excluding hydrogens is 328 g/mol. The van der Waals surface area contributed by atoms with Gasteiger partial charge in [-0.3, -0.25) is 9.67 Å². The molecule has 0 aliphatic heterocycles. The van der Waals surface area contributed by atoms with Crippen molar-refractivity contribution in [2.75, 3.05) is 0 Å². The van der Waals surface area contributed by atoms with Crippen molar-refractivity contribution in [3.8, 4) is 23.4 Å². The van der Waals surface area contributed by atoms with Crippen LogP contribution in [0.15, 0.2) is 49.4 Å². The first-order valence-corrected chi connectivity index (χ1v) is 7.85. The topological polar surface area (TPSA) is 120 Å². The third-order valence-corrected chi connectivity index (χ3v) is 4.17. The van der Waals surface area contributed by atoms with Crippen LogP contribution >= 0.6 is 0 Å². The molecule has 0 saturated heterocycles. The average molecular weight is 340 g/mol. The van der Waals surface area contributed by atoms with Crippen LogP contribution in [0, 0.1) is 22.7 Å². The molecule has 26 heavy (non-hydrogen) atoms. The smallest absolute Gasteiger partial charge is 0.141 e. The average Bonchev–Trinajstić information content (AvgIpc) is 3.35. The van der Waals surface area contributed by atoms with Gasteiger partial charge in [-0.05, 0) is 17.7 Å². The first-order chi connectivity index (χ1) is 12.8. The minimum absolute atomic E-state index is 0.184. The Hall–Kier alpha value is -4.04. The van der Waals surface area contributed by atoms with Crippen molar-refractivity contribution in [1.82, 2.24) is 29.7 Å². The molecular formula is C18H12N8. The fourth-order valence-electron chi connectivity index (χ4n) is 2.95. The fraction of sp³-hybridized carbons (Fsp3) is 0.111. The van der Waals surface area contributed by atoms with Crippen molar-refractivity contribution in [3.63, 3.8) is 0 Å². The highest BCUT2D eigenvalue weighted by Gasteiger charge is 2.19. The van der Waals surface area contributed by atoms with Crippen LogP contribution < -0.4 is 0 Å². The van der Waals surface area contributed by atoms with Gasteiger partial charge in [-0.2, -0.15) is 15.6 Å². The summed E-state index contributed by atoms with van der Waals surface area (Å²) < 4.78 is 1.69. The molecule has 0 fully saturated rings. The number of nitrogens with one attached hydrogen (secondary N) is 1. The highest BCUT2D eigenvalue weighted by atomic mass is 15.3. The zero-order valence-corrected chi connectivity index (χ0v) is 13.5. The Balaban J connectivity index is 1.79. The monoisotopic (exact) mass is 340 g/mol. The number of rotatable bonds is 4. The summed E-state index contributed by atoms with van der Waals surface area (Å²) >= 11 is 0. The van der Waals surface area contributed by atoms with Gasteiger partial charge in [0.15, 0.2) is 0 Å². The molecule has 0 aromatic carbocycles. The predicted octanol–water partition coefficient (Wildman–Crippen LogP) is 2.59. The molecule has 4 rings (SSSR count). The summed E-state index contributed by atoms with van der Waals surface area (Å²) in [5.41, 5.74) is 3.46. The number of nitrogens with zero attached hydrogens (tertiary/aromatic N) is 7. The van der Waals surface area contributed by atoms with Crippen molar-refractivity contribution < 1.29 is 0 Å². The van der Waals surface area contributed by atoms with Gasteiger partial charge in [0.25, 0.3) is 0 Å². The number of hydrogen-bond donors (Lipinski definition) is 1. The Morgan fingerprint density at radius 1 is 1.19 bits per heavy atom. The molecule has 4 heterocycles. The normalized spacial score (nSPS) is 11.8. The van der Waals surface area contributed by atoms with E-state index in [4.69, 9.17) is 0 Å². The molecule has 8 nitrogen and oxygen atoms in total. The van der Waals surface area contributed by atoms with Crippen molar-refractivity contribution >= 4 is 11.0 Å². The van der Waals surface area contributed by atoms with Gasteiger partial charge in [0, 0.05) is 35.7 Å². The fourth-order valence-corrected chi connectivity index (χ4v) is 2.95. The lowest BCUT2D eigenvalue weighted by Crippen LogP contribution is -2.12. The van der Waals surface area contributed by atoms with Gasteiger partial charge in [0.05, 0.1) is 36.0 Å². The number of hydrogen-bond acceptors (Lipinski definition) is 6. The first-order valence-electron chi connectivity index (χ1n) is 7.85. The molecule has 0 aliphatic rings. The standard InChI is InChI=1S/C18H12N8/c19-4-1-16(14-2-5-21-8-12(14)7-20)26-10-13(9-25-26)17-15-3-6-22-18(15)24-11-23-17/h2-3,5-6,8-11,16H,1H2,(H,22,23,24). The van der Waals surface area contributed by atoms with Crippen LogP contribution in [-0.4, -0.2) is 29.7 Å². The Kier molecular flexibility index (Phi) is 3.85. The summed E-state index contributed by atoms with van der Waals surface area (Å²) in [6.45, 7) is 0. The number of fused-ring (bicyclic) bond motifs is 1. The van der Waals surface area contributed by atoms with Crippen LogP contribution in [0.2, 0.25) is 0 Å². The zero-order valence-electron chi connectivity index (χ0n) is 13.5. The minimum atomic E-state index is -0.380. The lowest BCUT2D eigenvalue weighted by Gasteiger charge is -2.15. The lowest BCUT2D eigenvalue weighted by atomic mass is 10.0. The van der Waals surface area contributed by atoms with Crippen molar-refractivity contribution in [2.24, 2.45) is 0 Å². The van der Waals surface area contributed by atoms with Crippen molar-refractivity contribution in [2.45, 2.75) is 12.5 Å². The summed E-state index contributed by atoms with van der Waals surface area (Å²) in [5.74, 6) is 0. The molecule has 0 spiro atoms. The Morgan fingerprint density at radius 2 is 2.12 bits per heavy atom. The highest BCUT2D eigenvalue weighted by Crippen LogP contribution is 2.28. The van der Waals surface area contributed by atoms with Crippen molar-refractivity contribution in [3.05, 3.63) is 60.6 Å². The van der Waals surface area contributed by atoms with Gasteiger partial charge in [-0.25, -0.2) is 9.97 Å². The second kappa shape index (κ2) is 6.46. The van der Waals surface area contributed by atoms with E-state index in [1.165, 1.54) is 12.5 Å². The molecule has 1 unspecified atom stereocenters. The summed E-state index contributed by atoms with van der Waals surface area (Å²) in [6.07, 6.45) is 10.1. The van der Waals surface area contributed by atoms with E-state index in [0.29, 0.717) is 11.1 Å². The molecule has 0 bridgehead atoms. The molecule has 0 aliphatic carbocycles. The Labute approximate surface area is 148 Å². The van der Waals surface area contributed by atoms with E-state index in [1.54, 1.807) is 23.1 Å². The lowest BCUT2D eigenvalue weighted by molar-refractivity contribution is 0.531. The quantitative estimate of drug-likeness (QED) is 0.609. The van der Waals surface area contributed by atoms with Crippen LogP contribution in [0.5, 0.6) is 0 Å². The van der Waals surface area contributed by atoms with Gasteiger partial charge in [0.1, 0.15) is 18.0 Å². The number of nitriles is 2. The second-order valence-corrected chi connectivity index (χ2v) is 5.62. The Morgan fingerprint density at radius 3 is 2.96 bits per heavy atom. The van der Waals surface area contributed by atoms with Gasteiger partial charge >= 0.3 is 0 Å². The molecule has 4 aromatic rings. The maximum absolute atomic E-state index is 9.34. The third kappa shape index (κ3) is 2.56. The maximum Gasteiger partial charge on any atom is 0.141 e. The first kappa shape index (κ1) is 15.5.